The highest BCUT2D eigenvalue weighted by atomic mass is 19.4. The number of anilines is 2. The molecule has 0 unspecified atom stereocenters. The Morgan fingerprint density at radius 2 is 1.72 bits per heavy atom. The van der Waals surface area contributed by atoms with Gasteiger partial charge in [0.15, 0.2) is 0 Å². The molecule has 0 aliphatic heterocycles. The molecule has 0 spiro atoms. The fourth-order valence-electron chi connectivity index (χ4n) is 3.22. The minimum absolute atomic E-state index is 0.178. The van der Waals surface area contributed by atoms with Gasteiger partial charge in [0.1, 0.15) is 22.7 Å². The maximum absolute atomic E-state index is 13.7. The van der Waals surface area contributed by atoms with Gasteiger partial charge in [-0.15, -0.1) is 0 Å². The zero-order valence-corrected chi connectivity index (χ0v) is 15.4. The zero-order valence-electron chi connectivity index (χ0n) is 15.4. The maximum atomic E-state index is 13.7. The van der Waals surface area contributed by atoms with Crippen molar-refractivity contribution in [3.63, 3.8) is 0 Å². The van der Waals surface area contributed by atoms with Crippen LogP contribution in [0.15, 0.2) is 56.1 Å². The minimum Gasteiger partial charge on any atom is -0.458 e. The van der Waals surface area contributed by atoms with E-state index in [-0.39, 0.29) is 5.92 Å². The number of alkyl halides is 3. The SMILES string of the molecule is CC(C)c1oc2cc3oc(=O)ccc3cc2c1Nc1cc(F)ccc1C(F)(F)F. The van der Waals surface area contributed by atoms with Gasteiger partial charge in [-0.2, -0.15) is 13.2 Å². The second-order valence-corrected chi connectivity index (χ2v) is 6.95. The van der Waals surface area contributed by atoms with Gasteiger partial charge in [0.25, 0.3) is 0 Å². The molecule has 0 aliphatic rings. The van der Waals surface area contributed by atoms with E-state index >= 15 is 0 Å². The summed E-state index contributed by atoms with van der Waals surface area (Å²) in [5.74, 6) is -0.579. The molecule has 0 saturated carbocycles. The van der Waals surface area contributed by atoms with Gasteiger partial charge in [-0.3, -0.25) is 0 Å². The number of benzene rings is 2. The molecule has 0 aliphatic carbocycles. The molecule has 2 heterocycles. The van der Waals surface area contributed by atoms with Gasteiger partial charge >= 0.3 is 11.8 Å². The van der Waals surface area contributed by atoms with E-state index in [4.69, 9.17) is 8.83 Å². The molecule has 0 amide bonds. The summed E-state index contributed by atoms with van der Waals surface area (Å²) in [6.45, 7) is 3.64. The van der Waals surface area contributed by atoms with Crippen molar-refractivity contribution < 1.29 is 26.4 Å². The summed E-state index contributed by atoms with van der Waals surface area (Å²) in [6.07, 6.45) is -4.66. The van der Waals surface area contributed by atoms with Crippen LogP contribution in [0.4, 0.5) is 28.9 Å². The number of furan rings is 1. The molecule has 0 radical (unpaired) electrons. The van der Waals surface area contributed by atoms with Crippen LogP contribution in [0, 0.1) is 5.82 Å². The highest BCUT2D eigenvalue weighted by molar-refractivity contribution is 6.02. The summed E-state index contributed by atoms with van der Waals surface area (Å²) in [5.41, 5.74) is -0.999. The van der Waals surface area contributed by atoms with E-state index in [1.807, 2.05) is 13.8 Å². The number of nitrogens with one attached hydrogen (secondary N) is 1. The second-order valence-electron chi connectivity index (χ2n) is 6.95. The highest BCUT2D eigenvalue weighted by Crippen LogP contribution is 2.42. The van der Waals surface area contributed by atoms with Crippen LogP contribution in [0.3, 0.4) is 0 Å². The normalized spacial score (nSPS) is 12.2. The van der Waals surface area contributed by atoms with Crippen molar-refractivity contribution in [2.75, 3.05) is 5.32 Å². The predicted molar refractivity (Wildman–Crippen MR) is 101 cm³/mol. The first-order valence-electron chi connectivity index (χ1n) is 8.77. The summed E-state index contributed by atoms with van der Waals surface area (Å²) < 4.78 is 64.9. The molecular weight excluding hydrogens is 390 g/mol. The minimum atomic E-state index is -4.66. The lowest BCUT2D eigenvalue weighted by Gasteiger charge is -2.15. The second kappa shape index (κ2) is 6.65. The first-order chi connectivity index (χ1) is 13.6. The van der Waals surface area contributed by atoms with E-state index in [1.165, 1.54) is 12.1 Å². The van der Waals surface area contributed by atoms with Gasteiger partial charge in [0.2, 0.25) is 0 Å². The van der Waals surface area contributed by atoms with E-state index in [0.29, 0.717) is 39.5 Å². The molecule has 0 saturated heterocycles. The maximum Gasteiger partial charge on any atom is 0.418 e. The third kappa shape index (κ3) is 3.46. The van der Waals surface area contributed by atoms with Gasteiger partial charge in [0.05, 0.1) is 16.9 Å². The molecule has 8 heteroatoms. The van der Waals surface area contributed by atoms with Crippen molar-refractivity contribution in [3.05, 3.63) is 70.0 Å². The van der Waals surface area contributed by atoms with Crippen molar-refractivity contribution in [1.82, 2.24) is 0 Å². The first-order valence-corrected chi connectivity index (χ1v) is 8.77. The van der Waals surface area contributed by atoms with Crippen LogP contribution >= 0.6 is 0 Å². The largest absolute Gasteiger partial charge is 0.458 e. The number of hydrogen-bond acceptors (Lipinski definition) is 4. The molecule has 1 N–H and O–H groups in total. The molecular formula is C21H15F4NO3. The lowest BCUT2D eigenvalue weighted by Crippen LogP contribution is -2.09. The van der Waals surface area contributed by atoms with E-state index in [2.05, 4.69) is 5.32 Å². The number of fused-ring (bicyclic) bond motifs is 2. The standard InChI is InChI=1S/C21H15F4NO3/c1-10(2)20-19(26-15-8-12(22)4-5-14(15)21(23,24)25)13-7-11-3-6-18(27)28-16(11)9-17(13)29-20/h3-10,26H,1-2H3. The average molecular weight is 405 g/mol. The van der Waals surface area contributed by atoms with Crippen molar-refractivity contribution in [3.8, 4) is 0 Å². The Bertz CT molecular complexity index is 1290. The van der Waals surface area contributed by atoms with E-state index < -0.39 is 28.9 Å². The van der Waals surface area contributed by atoms with Gasteiger partial charge in [0, 0.05) is 28.8 Å². The van der Waals surface area contributed by atoms with Crippen molar-refractivity contribution in [2.45, 2.75) is 25.9 Å². The van der Waals surface area contributed by atoms with E-state index in [1.54, 1.807) is 12.1 Å². The zero-order chi connectivity index (χ0) is 20.9. The van der Waals surface area contributed by atoms with Crippen molar-refractivity contribution in [2.24, 2.45) is 0 Å². The van der Waals surface area contributed by atoms with E-state index in [0.717, 1.165) is 12.1 Å². The summed E-state index contributed by atoms with van der Waals surface area (Å²) in [5, 5.41) is 3.79. The molecule has 0 bridgehead atoms. The van der Waals surface area contributed by atoms with Crippen LogP contribution in [0.2, 0.25) is 0 Å². The summed E-state index contributed by atoms with van der Waals surface area (Å²) in [7, 11) is 0. The molecule has 0 atom stereocenters. The summed E-state index contributed by atoms with van der Waals surface area (Å²) >= 11 is 0. The molecule has 29 heavy (non-hydrogen) atoms. The lowest BCUT2D eigenvalue weighted by atomic mass is 10.1. The molecule has 2 aromatic carbocycles. The van der Waals surface area contributed by atoms with Gasteiger partial charge in [-0.25, -0.2) is 9.18 Å². The predicted octanol–water partition coefficient (Wildman–Crippen LogP) is 6.56. The van der Waals surface area contributed by atoms with Crippen molar-refractivity contribution in [1.29, 1.82) is 0 Å². The molecule has 150 valence electrons. The van der Waals surface area contributed by atoms with Crippen molar-refractivity contribution >= 4 is 33.3 Å². The third-order valence-electron chi connectivity index (χ3n) is 4.53. The molecule has 0 fully saturated rings. The first kappa shape index (κ1) is 19.0. The van der Waals surface area contributed by atoms with Crippen LogP contribution in [-0.2, 0) is 6.18 Å². The smallest absolute Gasteiger partial charge is 0.418 e. The number of rotatable bonds is 3. The highest BCUT2D eigenvalue weighted by Gasteiger charge is 2.34. The Balaban J connectivity index is 1.96. The van der Waals surface area contributed by atoms with Gasteiger partial charge in [-0.05, 0) is 30.3 Å². The Morgan fingerprint density at radius 1 is 0.966 bits per heavy atom. The fourth-order valence-corrected chi connectivity index (χ4v) is 3.22. The molecule has 2 aromatic heterocycles. The lowest BCUT2D eigenvalue weighted by molar-refractivity contribution is -0.136. The number of hydrogen-bond donors (Lipinski definition) is 1. The Kier molecular flexibility index (Phi) is 4.37. The topological polar surface area (TPSA) is 55.4 Å². The summed E-state index contributed by atoms with van der Waals surface area (Å²) in [6, 6.07) is 8.22. The van der Waals surface area contributed by atoms with Crippen LogP contribution in [-0.4, -0.2) is 0 Å². The monoisotopic (exact) mass is 405 g/mol. The van der Waals surface area contributed by atoms with Crippen LogP contribution in [0.1, 0.15) is 31.1 Å². The van der Waals surface area contributed by atoms with Gasteiger partial charge in [-0.1, -0.05) is 13.8 Å². The molecule has 4 nitrogen and oxygen atoms in total. The van der Waals surface area contributed by atoms with Crippen LogP contribution in [0.25, 0.3) is 21.9 Å². The Hall–Kier alpha value is -3.29. The molecule has 4 rings (SSSR count). The third-order valence-corrected chi connectivity index (χ3v) is 4.53. The van der Waals surface area contributed by atoms with Crippen LogP contribution in [0.5, 0.6) is 0 Å². The average Bonchev–Trinajstić information content (AvgIpc) is 2.96. The fraction of sp³-hybridized carbons (Fsp3) is 0.190. The Morgan fingerprint density at radius 3 is 2.41 bits per heavy atom. The Labute approximate surface area is 161 Å². The quantitative estimate of drug-likeness (QED) is 0.310. The number of halogens is 4. The van der Waals surface area contributed by atoms with E-state index in [9.17, 15) is 22.4 Å². The summed E-state index contributed by atoms with van der Waals surface area (Å²) in [4.78, 5) is 11.5. The molecule has 4 aromatic rings. The van der Waals surface area contributed by atoms with Gasteiger partial charge < -0.3 is 14.2 Å². The van der Waals surface area contributed by atoms with Crippen LogP contribution < -0.4 is 10.9 Å².